The fraction of sp³-hybridized carbons (Fsp3) is 0.256. The molecule has 0 radical (unpaired) electrons. The molecule has 1 saturated carbocycles. The van der Waals surface area contributed by atoms with Gasteiger partial charge in [0.15, 0.2) is 44.5 Å². The number of hydrogen-bond acceptors (Lipinski definition) is 8. The smallest absolute Gasteiger partial charge is 0.258 e. The largest absolute Gasteiger partial charge is 0.504 e. The standard InChI is InChI=1S/C43H31Cl2F5N2O8/c1-58-22-13-16-27(59-2)20(17-22)10-7-19-8-11-21(12-9-19)51-38(54)24-15-14-23-26(29(24)39(51)55)18-42(44)40(56)52(36-34(49)32(47)31(46)33(48)35(36)50)41(57)43(42,45)30(23)25-5-4-6-28(60-3)37(25)53/h4-14,16-17,24,26,29-30,53H,15,18H2,1-3H3. The van der Waals surface area contributed by atoms with Crippen LogP contribution in [0.4, 0.5) is 33.3 Å². The summed E-state index contributed by atoms with van der Waals surface area (Å²) in [5.74, 6) is -21.6. The van der Waals surface area contributed by atoms with Gasteiger partial charge < -0.3 is 19.3 Å². The molecule has 6 unspecified atom stereocenters. The molecule has 2 heterocycles. The van der Waals surface area contributed by atoms with E-state index >= 15 is 8.78 Å². The number of carbonyl (C=O) groups excluding carboxylic acids is 4. The van der Waals surface area contributed by atoms with Crippen LogP contribution in [0.25, 0.3) is 12.2 Å². The van der Waals surface area contributed by atoms with Gasteiger partial charge >= 0.3 is 0 Å². The molecular weight excluding hydrogens is 838 g/mol. The number of ether oxygens (including phenoxy) is 3. The van der Waals surface area contributed by atoms with Crippen molar-refractivity contribution in [1.82, 2.24) is 0 Å². The second-order valence-electron chi connectivity index (χ2n) is 14.6. The van der Waals surface area contributed by atoms with Gasteiger partial charge in [-0.15, -0.1) is 23.2 Å². The Morgan fingerprint density at radius 2 is 1.38 bits per heavy atom. The zero-order chi connectivity index (χ0) is 43.2. The second kappa shape index (κ2) is 14.7. The summed E-state index contributed by atoms with van der Waals surface area (Å²) in [6.45, 7) is 0. The quantitative estimate of drug-likeness (QED) is 0.0359. The number of methoxy groups -OCH3 is 3. The minimum atomic E-state index is -2.81. The van der Waals surface area contributed by atoms with Crippen LogP contribution in [-0.2, 0) is 19.2 Å². The van der Waals surface area contributed by atoms with Crippen molar-refractivity contribution in [2.45, 2.75) is 28.5 Å². The van der Waals surface area contributed by atoms with Crippen LogP contribution >= 0.6 is 23.2 Å². The molecular formula is C43H31Cl2F5N2O8. The average molecular weight is 870 g/mol. The normalized spacial score (nSPS) is 26.0. The first-order chi connectivity index (χ1) is 28.5. The van der Waals surface area contributed by atoms with Gasteiger partial charge in [0.1, 0.15) is 17.2 Å². The SMILES string of the molecule is COc1ccc(OC)c(C=Cc2ccc(N3C(=O)C4CC=C5C(CC6(Cl)C(=O)N(c7c(F)c(F)c(F)c(F)c7F)C(=O)C6(Cl)C5c5cccc(OC)c5O)C4C3=O)cc2)c1. The Bertz CT molecular complexity index is 2580. The fourth-order valence-corrected chi connectivity index (χ4v) is 9.92. The Hall–Kier alpha value is -5.93. The van der Waals surface area contributed by atoms with Crippen LogP contribution in [0.15, 0.2) is 72.3 Å². The van der Waals surface area contributed by atoms with E-state index in [0.29, 0.717) is 17.1 Å². The van der Waals surface area contributed by atoms with E-state index in [1.54, 1.807) is 54.6 Å². The molecule has 2 saturated heterocycles. The van der Waals surface area contributed by atoms with Crippen LogP contribution in [0, 0.1) is 46.8 Å². The highest BCUT2D eigenvalue weighted by molar-refractivity contribution is 6.58. The maximum atomic E-state index is 15.4. The molecule has 0 aromatic heterocycles. The Labute approximate surface area is 348 Å². The molecule has 4 amide bonds. The molecule has 6 atom stereocenters. The van der Waals surface area contributed by atoms with E-state index < -0.39 is 104 Å². The first-order valence-electron chi connectivity index (χ1n) is 18.3. The highest BCUT2D eigenvalue weighted by Crippen LogP contribution is 2.67. The number of phenolic OH excluding ortho intramolecular Hbond substituents is 1. The molecule has 8 rings (SSSR count). The number of imide groups is 2. The molecule has 4 aliphatic rings. The second-order valence-corrected chi connectivity index (χ2v) is 15.9. The van der Waals surface area contributed by atoms with Gasteiger partial charge in [0.25, 0.3) is 11.8 Å². The number of amides is 4. The monoisotopic (exact) mass is 868 g/mol. The van der Waals surface area contributed by atoms with Crippen LogP contribution in [-0.4, -0.2) is 59.8 Å². The summed E-state index contributed by atoms with van der Waals surface area (Å²) in [5.41, 5.74) is -0.272. The topological polar surface area (TPSA) is 123 Å². The summed E-state index contributed by atoms with van der Waals surface area (Å²) >= 11 is 14.4. The number of phenols is 1. The first kappa shape index (κ1) is 40.8. The van der Waals surface area contributed by atoms with E-state index in [4.69, 9.17) is 37.4 Å². The van der Waals surface area contributed by atoms with Crippen molar-refractivity contribution in [2.24, 2.45) is 17.8 Å². The Morgan fingerprint density at radius 3 is 2.02 bits per heavy atom. The third kappa shape index (κ3) is 5.65. The zero-order valence-corrected chi connectivity index (χ0v) is 33.1. The van der Waals surface area contributed by atoms with E-state index in [1.807, 2.05) is 0 Å². The minimum Gasteiger partial charge on any atom is -0.504 e. The molecule has 2 aliphatic carbocycles. The number of anilines is 2. The van der Waals surface area contributed by atoms with Crippen LogP contribution in [0.2, 0.25) is 0 Å². The third-order valence-electron chi connectivity index (χ3n) is 11.8. The summed E-state index contributed by atoms with van der Waals surface area (Å²) in [6.07, 6.45) is 4.32. The highest BCUT2D eigenvalue weighted by Gasteiger charge is 2.77. The van der Waals surface area contributed by atoms with Gasteiger partial charge in [0.2, 0.25) is 17.6 Å². The lowest BCUT2D eigenvalue weighted by atomic mass is 9.56. The number of aromatic hydroxyl groups is 1. The molecule has 2 aliphatic heterocycles. The predicted molar refractivity (Wildman–Crippen MR) is 208 cm³/mol. The average Bonchev–Trinajstić information content (AvgIpc) is 3.59. The number of fused-ring (bicyclic) bond motifs is 4. The lowest BCUT2D eigenvalue weighted by molar-refractivity contribution is -0.125. The summed E-state index contributed by atoms with van der Waals surface area (Å²) in [6, 6.07) is 15.8. The molecule has 3 fully saturated rings. The Balaban J connectivity index is 1.20. The van der Waals surface area contributed by atoms with Crippen LogP contribution in [0.1, 0.15) is 35.4 Å². The lowest BCUT2D eigenvalue weighted by Gasteiger charge is -2.50. The van der Waals surface area contributed by atoms with Crippen molar-refractivity contribution in [1.29, 1.82) is 0 Å². The van der Waals surface area contributed by atoms with Crippen molar-refractivity contribution in [3.05, 3.63) is 118 Å². The molecule has 60 heavy (non-hydrogen) atoms. The van der Waals surface area contributed by atoms with Crippen molar-refractivity contribution >= 4 is 70.4 Å². The number of rotatable bonds is 8. The highest BCUT2D eigenvalue weighted by atomic mass is 35.5. The maximum absolute atomic E-state index is 15.4. The number of carbonyl (C=O) groups is 4. The number of alkyl halides is 2. The minimum absolute atomic E-state index is 0.0895. The van der Waals surface area contributed by atoms with Gasteiger partial charge in [0.05, 0.1) is 38.9 Å². The molecule has 10 nitrogen and oxygen atoms in total. The molecule has 310 valence electrons. The van der Waals surface area contributed by atoms with Gasteiger partial charge in [-0.2, -0.15) is 0 Å². The number of para-hydroxylation sites is 1. The Kier molecular flexibility index (Phi) is 9.98. The van der Waals surface area contributed by atoms with Gasteiger partial charge in [0, 0.05) is 17.0 Å². The van der Waals surface area contributed by atoms with Crippen LogP contribution in [0.3, 0.4) is 0 Å². The molecule has 1 N–H and O–H groups in total. The van der Waals surface area contributed by atoms with Gasteiger partial charge in [-0.1, -0.05) is 48.1 Å². The van der Waals surface area contributed by atoms with Crippen LogP contribution in [0.5, 0.6) is 23.0 Å². The lowest BCUT2D eigenvalue weighted by Crippen LogP contribution is -2.60. The third-order valence-corrected chi connectivity index (χ3v) is 13.2. The van der Waals surface area contributed by atoms with Crippen molar-refractivity contribution in [3.8, 4) is 23.0 Å². The molecule has 4 aromatic rings. The summed E-state index contributed by atoms with van der Waals surface area (Å²) in [7, 11) is 4.29. The van der Waals surface area contributed by atoms with Crippen molar-refractivity contribution in [2.75, 3.05) is 31.1 Å². The van der Waals surface area contributed by atoms with Crippen molar-refractivity contribution in [3.63, 3.8) is 0 Å². The number of allylic oxidation sites excluding steroid dienone is 2. The summed E-state index contributed by atoms with van der Waals surface area (Å²) < 4.78 is 90.0. The van der Waals surface area contributed by atoms with Crippen molar-refractivity contribution < 1.29 is 60.4 Å². The number of halogens is 7. The molecule has 4 aromatic carbocycles. The van der Waals surface area contributed by atoms with Gasteiger partial charge in [-0.25, -0.2) is 26.9 Å². The van der Waals surface area contributed by atoms with E-state index in [1.165, 1.54) is 45.6 Å². The number of hydrogen-bond donors (Lipinski definition) is 1. The molecule has 0 spiro atoms. The fourth-order valence-electron chi connectivity index (χ4n) is 8.99. The van der Waals surface area contributed by atoms with Gasteiger partial charge in [-0.3, -0.25) is 24.1 Å². The number of benzene rings is 4. The number of nitrogens with zero attached hydrogens (tertiary/aromatic N) is 2. The summed E-state index contributed by atoms with van der Waals surface area (Å²) in [4.78, 5) is 52.8. The first-order valence-corrected chi connectivity index (χ1v) is 19.0. The summed E-state index contributed by atoms with van der Waals surface area (Å²) in [5, 5.41) is 11.5. The van der Waals surface area contributed by atoms with E-state index in [0.717, 1.165) is 10.5 Å². The Morgan fingerprint density at radius 1 is 0.733 bits per heavy atom. The van der Waals surface area contributed by atoms with Gasteiger partial charge in [-0.05, 0) is 60.7 Å². The van der Waals surface area contributed by atoms with E-state index in [9.17, 15) is 37.5 Å². The van der Waals surface area contributed by atoms with Crippen LogP contribution < -0.4 is 24.0 Å². The van der Waals surface area contributed by atoms with E-state index in [2.05, 4.69) is 0 Å². The maximum Gasteiger partial charge on any atom is 0.258 e. The van der Waals surface area contributed by atoms with E-state index in [-0.39, 0.29) is 33.9 Å². The zero-order valence-electron chi connectivity index (χ0n) is 31.6. The molecule has 0 bridgehead atoms. The molecule has 17 heteroatoms. The predicted octanol–water partition coefficient (Wildman–Crippen LogP) is 8.05.